The summed E-state index contributed by atoms with van der Waals surface area (Å²) in [4.78, 5) is 13.3. The normalized spacial score (nSPS) is 17.0. The van der Waals surface area contributed by atoms with Crippen LogP contribution in [0.1, 0.15) is 31.1 Å². The Kier molecular flexibility index (Phi) is 5.06. The molecule has 0 saturated carbocycles. The second-order valence-corrected chi connectivity index (χ2v) is 6.36. The van der Waals surface area contributed by atoms with Crippen LogP contribution < -0.4 is 14.8 Å². The molecule has 0 amide bonds. The first-order chi connectivity index (χ1) is 13.3. The first-order valence-electron chi connectivity index (χ1n) is 9.04. The van der Waals surface area contributed by atoms with Crippen molar-refractivity contribution in [1.29, 1.82) is 0 Å². The van der Waals surface area contributed by atoms with E-state index in [4.69, 9.17) is 14.2 Å². The molecule has 3 aromatic rings. The third-order valence-electron chi connectivity index (χ3n) is 4.79. The van der Waals surface area contributed by atoms with Crippen molar-refractivity contribution in [1.82, 2.24) is 19.5 Å². The van der Waals surface area contributed by atoms with E-state index in [2.05, 4.69) is 20.3 Å². The van der Waals surface area contributed by atoms with Gasteiger partial charge in [-0.15, -0.1) is 0 Å². The van der Waals surface area contributed by atoms with Crippen molar-refractivity contribution in [2.24, 2.45) is 0 Å². The maximum Gasteiger partial charge on any atom is 0.167 e. The number of nitrogens with one attached hydrogen (secondary N) is 1. The molecular weight excluding hydrogens is 346 g/mol. The van der Waals surface area contributed by atoms with E-state index in [-0.39, 0.29) is 6.23 Å². The smallest absolute Gasteiger partial charge is 0.167 e. The number of fused-ring (bicyclic) bond motifs is 1. The van der Waals surface area contributed by atoms with Crippen LogP contribution in [0.3, 0.4) is 0 Å². The molecule has 2 aromatic heterocycles. The molecule has 1 N–H and O–H groups in total. The first kappa shape index (κ1) is 17.5. The molecular formula is C19H23N5O3. The summed E-state index contributed by atoms with van der Waals surface area (Å²) in [7, 11) is 3.29. The van der Waals surface area contributed by atoms with Crippen LogP contribution >= 0.6 is 0 Å². The second kappa shape index (κ2) is 7.79. The molecule has 27 heavy (non-hydrogen) atoms. The van der Waals surface area contributed by atoms with Crippen LogP contribution in [0.5, 0.6) is 11.5 Å². The highest BCUT2D eigenvalue weighted by molar-refractivity contribution is 5.82. The fraction of sp³-hybridized carbons (Fsp3) is 0.421. The van der Waals surface area contributed by atoms with E-state index in [0.29, 0.717) is 12.4 Å². The molecule has 1 aromatic carbocycles. The summed E-state index contributed by atoms with van der Waals surface area (Å²) in [6.45, 7) is 1.26. The first-order valence-corrected chi connectivity index (χ1v) is 9.04. The van der Waals surface area contributed by atoms with Gasteiger partial charge in [0.2, 0.25) is 0 Å². The lowest BCUT2D eigenvalue weighted by Gasteiger charge is -2.23. The Morgan fingerprint density at radius 1 is 1.15 bits per heavy atom. The molecule has 0 aliphatic carbocycles. The van der Waals surface area contributed by atoms with E-state index < -0.39 is 0 Å². The number of rotatable bonds is 6. The average Bonchev–Trinajstić information content (AvgIpc) is 3.17. The number of nitrogens with zero attached hydrogens (tertiary/aromatic N) is 4. The predicted molar refractivity (Wildman–Crippen MR) is 101 cm³/mol. The fourth-order valence-corrected chi connectivity index (χ4v) is 3.41. The monoisotopic (exact) mass is 369 g/mol. The van der Waals surface area contributed by atoms with Crippen LogP contribution in [0.25, 0.3) is 11.2 Å². The van der Waals surface area contributed by atoms with Crippen LogP contribution in [0.15, 0.2) is 30.9 Å². The molecule has 0 bridgehead atoms. The van der Waals surface area contributed by atoms with Crippen molar-refractivity contribution in [2.75, 3.05) is 26.1 Å². The summed E-state index contributed by atoms with van der Waals surface area (Å²) in [6, 6.07) is 5.71. The van der Waals surface area contributed by atoms with E-state index >= 15 is 0 Å². The standard InChI is InChI=1S/C19H23N5O3/c1-25-14-6-5-7-15(26-2)13(14)10-20-18-17-19(22-11-21-18)24(12-23-17)16-8-3-4-9-27-16/h5-7,11-12,16H,3-4,8-10H2,1-2H3,(H,20,21,22). The molecule has 0 radical (unpaired) electrons. The SMILES string of the molecule is COc1cccc(OC)c1CNc1ncnc2c1ncn2C1CCCCO1. The van der Waals surface area contributed by atoms with Gasteiger partial charge in [0.15, 0.2) is 17.0 Å². The zero-order valence-electron chi connectivity index (χ0n) is 15.5. The van der Waals surface area contributed by atoms with Gasteiger partial charge in [0.1, 0.15) is 24.1 Å². The van der Waals surface area contributed by atoms with Crippen molar-refractivity contribution in [3.8, 4) is 11.5 Å². The van der Waals surface area contributed by atoms with Gasteiger partial charge in [-0.3, -0.25) is 4.57 Å². The minimum absolute atomic E-state index is 0.0131. The predicted octanol–water partition coefficient (Wildman–Crippen LogP) is 3.15. The average molecular weight is 369 g/mol. The highest BCUT2D eigenvalue weighted by Crippen LogP contribution is 2.30. The van der Waals surface area contributed by atoms with E-state index in [9.17, 15) is 0 Å². The summed E-state index contributed by atoms with van der Waals surface area (Å²) in [5.41, 5.74) is 2.41. The minimum atomic E-state index is -0.0131. The number of benzene rings is 1. The minimum Gasteiger partial charge on any atom is -0.496 e. The number of ether oxygens (including phenoxy) is 3. The lowest BCUT2D eigenvalue weighted by atomic mass is 10.1. The number of imidazole rings is 1. The summed E-state index contributed by atoms with van der Waals surface area (Å²) >= 11 is 0. The van der Waals surface area contributed by atoms with Crippen LogP contribution in [-0.2, 0) is 11.3 Å². The molecule has 1 atom stereocenters. The Morgan fingerprint density at radius 3 is 2.67 bits per heavy atom. The summed E-state index contributed by atoms with van der Waals surface area (Å²) < 4.78 is 18.8. The van der Waals surface area contributed by atoms with Crippen LogP contribution in [0.4, 0.5) is 5.82 Å². The Morgan fingerprint density at radius 2 is 1.96 bits per heavy atom. The van der Waals surface area contributed by atoms with Crippen molar-refractivity contribution < 1.29 is 14.2 Å². The maximum absolute atomic E-state index is 5.87. The Bertz CT molecular complexity index is 899. The van der Waals surface area contributed by atoms with E-state index in [0.717, 1.165) is 54.1 Å². The lowest BCUT2D eigenvalue weighted by molar-refractivity contribution is -0.0298. The number of hydrogen-bond donors (Lipinski definition) is 1. The highest BCUT2D eigenvalue weighted by Gasteiger charge is 2.20. The van der Waals surface area contributed by atoms with Gasteiger partial charge < -0.3 is 19.5 Å². The van der Waals surface area contributed by atoms with Gasteiger partial charge in [0.25, 0.3) is 0 Å². The molecule has 1 saturated heterocycles. The van der Waals surface area contributed by atoms with Crippen molar-refractivity contribution >= 4 is 17.0 Å². The van der Waals surface area contributed by atoms with Gasteiger partial charge in [-0.05, 0) is 31.4 Å². The van der Waals surface area contributed by atoms with Gasteiger partial charge in [0, 0.05) is 13.2 Å². The molecule has 1 unspecified atom stereocenters. The van der Waals surface area contributed by atoms with Gasteiger partial charge in [-0.2, -0.15) is 0 Å². The van der Waals surface area contributed by atoms with Gasteiger partial charge in [-0.1, -0.05) is 6.07 Å². The van der Waals surface area contributed by atoms with Crippen molar-refractivity contribution in [3.63, 3.8) is 0 Å². The summed E-state index contributed by atoms with van der Waals surface area (Å²) in [5, 5.41) is 3.34. The van der Waals surface area contributed by atoms with Crippen LogP contribution in [0, 0.1) is 0 Å². The molecule has 1 aliphatic rings. The molecule has 8 nitrogen and oxygen atoms in total. The second-order valence-electron chi connectivity index (χ2n) is 6.36. The molecule has 4 rings (SSSR count). The number of anilines is 1. The number of aromatic nitrogens is 4. The lowest BCUT2D eigenvalue weighted by Crippen LogP contribution is -2.17. The fourth-order valence-electron chi connectivity index (χ4n) is 3.41. The molecule has 1 fully saturated rings. The quantitative estimate of drug-likeness (QED) is 0.714. The Labute approximate surface area is 157 Å². The topological polar surface area (TPSA) is 83.3 Å². The van der Waals surface area contributed by atoms with E-state index in [1.807, 2.05) is 22.8 Å². The Hall–Kier alpha value is -2.87. The largest absolute Gasteiger partial charge is 0.496 e. The number of methoxy groups -OCH3 is 2. The van der Waals surface area contributed by atoms with Gasteiger partial charge in [-0.25, -0.2) is 15.0 Å². The third kappa shape index (κ3) is 3.40. The van der Waals surface area contributed by atoms with Crippen LogP contribution in [0.2, 0.25) is 0 Å². The van der Waals surface area contributed by atoms with Gasteiger partial charge >= 0.3 is 0 Å². The molecule has 1 aliphatic heterocycles. The summed E-state index contributed by atoms with van der Waals surface area (Å²) in [5.74, 6) is 2.18. The molecule has 142 valence electrons. The molecule has 3 heterocycles. The van der Waals surface area contributed by atoms with E-state index in [1.54, 1.807) is 26.9 Å². The van der Waals surface area contributed by atoms with Gasteiger partial charge in [0.05, 0.1) is 26.1 Å². The highest BCUT2D eigenvalue weighted by atomic mass is 16.5. The molecule has 0 spiro atoms. The molecule has 8 heteroatoms. The van der Waals surface area contributed by atoms with Crippen molar-refractivity contribution in [3.05, 3.63) is 36.4 Å². The zero-order chi connectivity index (χ0) is 18.6. The third-order valence-corrected chi connectivity index (χ3v) is 4.79. The number of hydrogen-bond acceptors (Lipinski definition) is 7. The Balaban J connectivity index is 1.61. The zero-order valence-corrected chi connectivity index (χ0v) is 15.5. The van der Waals surface area contributed by atoms with Crippen molar-refractivity contribution in [2.45, 2.75) is 32.0 Å². The van der Waals surface area contributed by atoms with E-state index in [1.165, 1.54) is 0 Å². The maximum atomic E-state index is 5.87. The summed E-state index contributed by atoms with van der Waals surface area (Å²) in [6.07, 6.45) is 6.53. The van der Waals surface area contributed by atoms with Crippen LogP contribution in [-0.4, -0.2) is 40.3 Å².